The highest BCUT2D eigenvalue weighted by molar-refractivity contribution is 7.99. The van der Waals surface area contributed by atoms with Crippen molar-refractivity contribution in [3.05, 3.63) is 47.7 Å². The summed E-state index contributed by atoms with van der Waals surface area (Å²) in [7, 11) is 4.91. The van der Waals surface area contributed by atoms with Gasteiger partial charge in [0.25, 0.3) is 11.7 Å². The van der Waals surface area contributed by atoms with E-state index in [4.69, 9.17) is 9.15 Å². The van der Waals surface area contributed by atoms with Crippen molar-refractivity contribution in [1.29, 1.82) is 0 Å². The number of para-hydroxylation sites is 1. The van der Waals surface area contributed by atoms with Crippen LogP contribution in [0.5, 0.6) is 5.75 Å². The summed E-state index contributed by atoms with van der Waals surface area (Å²) in [6, 6.07) is 9.71. The molecular weight excluding hydrogens is 517 g/mol. The van der Waals surface area contributed by atoms with Gasteiger partial charge in [0, 0.05) is 31.1 Å². The number of likely N-dealkylation sites (tertiary alicyclic amines) is 1. The largest absolute Gasteiger partial charge is 0.495 e. The number of anilines is 2. The van der Waals surface area contributed by atoms with Gasteiger partial charge in [0.1, 0.15) is 11.9 Å². The molecule has 0 bridgehead atoms. The lowest BCUT2D eigenvalue weighted by molar-refractivity contribution is 0.0962. The van der Waals surface area contributed by atoms with Crippen molar-refractivity contribution in [2.75, 3.05) is 51.5 Å². The number of halogens is 3. The number of benzene rings is 2. The number of hydrogen-bond acceptors (Lipinski definition) is 7. The SMILES string of the molecule is CNC(=O)c1ccc(NCC#Cc2oc3c(N[C@@H]4CCN(C)C[C@@H]4F)cccc3c2SC(F)F)c(OC)c1. The number of alkyl halides is 3. The second kappa shape index (κ2) is 12.4. The lowest BCUT2D eigenvalue weighted by Gasteiger charge is -2.33. The monoisotopic (exact) mass is 546 g/mol. The number of piperidine rings is 1. The molecule has 2 atom stereocenters. The zero-order chi connectivity index (χ0) is 27.2. The Morgan fingerprint density at radius 3 is 2.82 bits per heavy atom. The highest BCUT2D eigenvalue weighted by Crippen LogP contribution is 2.40. The van der Waals surface area contributed by atoms with Gasteiger partial charge < -0.3 is 30.0 Å². The molecule has 0 spiro atoms. The number of carbonyl (C=O) groups excluding carboxylic acids is 1. The third-order valence-electron chi connectivity index (χ3n) is 6.22. The summed E-state index contributed by atoms with van der Waals surface area (Å²) in [6.07, 6.45) is -0.458. The summed E-state index contributed by atoms with van der Waals surface area (Å²) in [4.78, 5) is 14.0. The zero-order valence-corrected chi connectivity index (χ0v) is 22.1. The van der Waals surface area contributed by atoms with Gasteiger partial charge in [0.2, 0.25) is 0 Å². The fraction of sp³-hybridized carbons (Fsp3) is 0.370. The summed E-state index contributed by atoms with van der Waals surface area (Å²) < 4.78 is 52.8. The van der Waals surface area contributed by atoms with Crippen molar-refractivity contribution in [1.82, 2.24) is 10.2 Å². The predicted molar refractivity (Wildman–Crippen MR) is 144 cm³/mol. The Morgan fingerprint density at radius 2 is 2.11 bits per heavy atom. The molecule has 2 heterocycles. The summed E-state index contributed by atoms with van der Waals surface area (Å²) >= 11 is 0.367. The van der Waals surface area contributed by atoms with E-state index in [9.17, 15) is 18.0 Å². The Balaban J connectivity index is 1.56. The predicted octanol–water partition coefficient (Wildman–Crippen LogP) is 5.03. The molecule has 4 rings (SSSR count). The van der Waals surface area contributed by atoms with E-state index in [1.807, 2.05) is 11.9 Å². The topological polar surface area (TPSA) is 78.8 Å². The number of thioether (sulfide) groups is 1. The summed E-state index contributed by atoms with van der Waals surface area (Å²) in [5.74, 6) is 3.42. The standard InChI is InChI=1S/C27H29F3N4O3S/c1-31-26(35)16-9-10-20(23(14-16)36-3)32-12-5-8-22-25(38-27(29)30)17-6-4-7-21(24(17)37-22)33-19-11-13-34(2)15-18(19)28/h4,6-7,9-10,14,18-19,27,32-33H,11-13,15H2,1-3H3,(H,31,35)/t18-,19+/m0/s1. The third kappa shape index (κ3) is 6.31. The normalized spacial score (nSPS) is 17.7. The first-order valence-electron chi connectivity index (χ1n) is 12.0. The highest BCUT2D eigenvalue weighted by atomic mass is 32.2. The van der Waals surface area contributed by atoms with E-state index in [1.165, 1.54) is 7.11 Å². The maximum atomic E-state index is 14.6. The number of fused-ring (bicyclic) bond motifs is 1. The third-order valence-corrected chi connectivity index (χ3v) is 7.04. The van der Waals surface area contributed by atoms with Crippen LogP contribution in [0.4, 0.5) is 24.5 Å². The number of ether oxygens (including phenoxy) is 1. The van der Waals surface area contributed by atoms with Gasteiger partial charge in [-0.25, -0.2) is 4.39 Å². The van der Waals surface area contributed by atoms with Crippen LogP contribution in [0.1, 0.15) is 22.5 Å². The molecule has 1 saturated heterocycles. The Morgan fingerprint density at radius 1 is 1.29 bits per heavy atom. The van der Waals surface area contributed by atoms with Gasteiger partial charge >= 0.3 is 0 Å². The van der Waals surface area contributed by atoms with Crippen LogP contribution in [-0.2, 0) is 0 Å². The molecule has 3 aromatic rings. The molecule has 202 valence electrons. The minimum atomic E-state index is -2.67. The molecule has 0 saturated carbocycles. The molecule has 2 aromatic carbocycles. The van der Waals surface area contributed by atoms with Crippen LogP contribution in [0, 0.1) is 11.8 Å². The first kappa shape index (κ1) is 27.5. The molecule has 38 heavy (non-hydrogen) atoms. The molecule has 1 aliphatic rings. The number of nitrogens with zero attached hydrogens (tertiary/aromatic N) is 1. The molecular formula is C27H29F3N4O3S. The number of amides is 1. The summed E-state index contributed by atoms with van der Waals surface area (Å²) in [5, 5.41) is 9.36. The number of hydrogen-bond donors (Lipinski definition) is 3. The van der Waals surface area contributed by atoms with Crippen LogP contribution < -0.4 is 20.7 Å². The van der Waals surface area contributed by atoms with Crippen molar-refractivity contribution in [2.45, 2.75) is 29.3 Å². The van der Waals surface area contributed by atoms with Gasteiger partial charge in [-0.2, -0.15) is 8.78 Å². The second-order valence-electron chi connectivity index (χ2n) is 8.79. The van der Waals surface area contributed by atoms with Crippen molar-refractivity contribution >= 4 is 40.0 Å². The molecule has 1 fully saturated rings. The number of furan rings is 1. The molecule has 0 radical (unpaired) electrons. The average molecular weight is 547 g/mol. The maximum absolute atomic E-state index is 14.6. The maximum Gasteiger partial charge on any atom is 0.289 e. The summed E-state index contributed by atoms with van der Waals surface area (Å²) in [6.45, 7) is 1.23. The van der Waals surface area contributed by atoms with Gasteiger partial charge in [0.15, 0.2) is 11.3 Å². The molecule has 11 heteroatoms. The first-order valence-corrected chi connectivity index (χ1v) is 12.9. The smallest absolute Gasteiger partial charge is 0.289 e. The molecule has 0 unspecified atom stereocenters. The Kier molecular flexibility index (Phi) is 8.97. The van der Waals surface area contributed by atoms with Crippen LogP contribution in [0.15, 0.2) is 45.7 Å². The van der Waals surface area contributed by atoms with Crippen molar-refractivity contribution in [3.8, 4) is 17.6 Å². The van der Waals surface area contributed by atoms with Crippen molar-refractivity contribution in [3.63, 3.8) is 0 Å². The molecule has 3 N–H and O–H groups in total. The van der Waals surface area contributed by atoms with Gasteiger partial charge in [0.05, 0.1) is 36.0 Å². The Labute approximate surface area is 223 Å². The van der Waals surface area contributed by atoms with E-state index in [2.05, 4.69) is 27.8 Å². The number of rotatable bonds is 8. The minimum Gasteiger partial charge on any atom is -0.495 e. The molecule has 1 aliphatic heterocycles. The van der Waals surface area contributed by atoms with E-state index in [-0.39, 0.29) is 23.1 Å². The quantitative estimate of drug-likeness (QED) is 0.270. The Bertz CT molecular complexity index is 1350. The fourth-order valence-electron chi connectivity index (χ4n) is 4.30. The van der Waals surface area contributed by atoms with Gasteiger partial charge in [-0.1, -0.05) is 12.0 Å². The molecule has 0 aliphatic carbocycles. The van der Waals surface area contributed by atoms with Gasteiger partial charge in [-0.3, -0.25) is 4.79 Å². The minimum absolute atomic E-state index is 0.114. The number of nitrogens with one attached hydrogen (secondary N) is 3. The van der Waals surface area contributed by atoms with E-state index < -0.39 is 18.0 Å². The molecule has 1 amide bonds. The van der Waals surface area contributed by atoms with Crippen LogP contribution in [0.3, 0.4) is 0 Å². The molecule has 7 nitrogen and oxygen atoms in total. The lowest BCUT2D eigenvalue weighted by Crippen LogP contribution is -2.46. The van der Waals surface area contributed by atoms with Crippen LogP contribution in [0.2, 0.25) is 0 Å². The van der Waals surface area contributed by atoms with Crippen molar-refractivity contribution in [2.24, 2.45) is 0 Å². The second-order valence-corrected chi connectivity index (χ2v) is 9.79. The van der Waals surface area contributed by atoms with Crippen molar-refractivity contribution < 1.29 is 27.1 Å². The number of carbonyl (C=O) groups is 1. The average Bonchev–Trinajstić information content (AvgIpc) is 3.25. The summed E-state index contributed by atoms with van der Waals surface area (Å²) in [5.41, 5.74) is 1.97. The van der Waals surface area contributed by atoms with E-state index >= 15 is 0 Å². The van der Waals surface area contributed by atoms with Crippen LogP contribution >= 0.6 is 11.8 Å². The highest BCUT2D eigenvalue weighted by Gasteiger charge is 2.28. The van der Waals surface area contributed by atoms with E-state index in [1.54, 1.807) is 43.4 Å². The van der Waals surface area contributed by atoms with Gasteiger partial charge in [-0.15, -0.1) is 0 Å². The van der Waals surface area contributed by atoms with Gasteiger partial charge in [-0.05, 0) is 61.5 Å². The lowest BCUT2D eigenvalue weighted by atomic mass is 10.0. The van der Waals surface area contributed by atoms with Crippen LogP contribution in [-0.4, -0.2) is 69.6 Å². The number of methoxy groups -OCH3 is 1. The molecule has 1 aromatic heterocycles. The Hall–Kier alpha value is -3.49. The first-order chi connectivity index (χ1) is 18.3. The fourth-order valence-corrected chi connectivity index (χ4v) is 4.97. The zero-order valence-electron chi connectivity index (χ0n) is 21.2. The van der Waals surface area contributed by atoms with E-state index in [0.29, 0.717) is 58.4 Å². The van der Waals surface area contributed by atoms with E-state index in [0.717, 1.165) is 6.54 Å². The van der Waals surface area contributed by atoms with Crippen LogP contribution in [0.25, 0.3) is 11.0 Å².